The number of esters is 1. The van der Waals surface area contributed by atoms with Crippen molar-refractivity contribution in [2.45, 2.75) is 18.9 Å². The molecule has 94 valence electrons. The number of carbonyl (C=O) groups is 2. The molecule has 0 spiro atoms. The summed E-state index contributed by atoms with van der Waals surface area (Å²) in [7, 11) is 1.28. The first kappa shape index (κ1) is 13.2. The highest BCUT2D eigenvalue weighted by Gasteiger charge is 2.22. The number of rotatable bonds is 6. The Kier molecular flexibility index (Phi) is 5.15. The van der Waals surface area contributed by atoms with Gasteiger partial charge in [0.2, 0.25) is 5.91 Å². The Balaban J connectivity index is 2.60. The zero-order chi connectivity index (χ0) is 12.7. The lowest BCUT2D eigenvalue weighted by molar-refractivity contribution is -0.145. The zero-order valence-corrected chi connectivity index (χ0v) is 9.60. The van der Waals surface area contributed by atoms with E-state index in [-0.39, 0.29) is 18.9 Å². The first-order valence-electron chi connectivity index (χ1n) is 5.22. The highest BCUT2D eigenvalue weighted by molar-refractivity contribution is 5.84. The minimum atomic E-state index is -0.723. The lowest BCUT2D eigenvalue weighted by Crippen LogP contribution is -2.43. The molecule has 0 aliphatic heterocycles. The van der Waals surface area contributed by atoms with Crippen LogP contribution in [0.5, 0.6) is 0 Å². The summed E-state index contributed by atoms with van der Waals surface area (Å²) < 4.78 is 4.62. The van der Waals surface area contributed by atoms with Gasteiger partial charge < -0.3 is 20.8 Å². The van der Waals surface area contributed by atoms with E-state index >= 15 is 0 Å². The molecule has 7 nitrogen and oxygen atoms in total. The van der Waals surface area contributed by atoms with E-state index in [1.54, 1.807) is 6.20 Å². The second kappa shape index (κ2) is 6.64. The summed E-state index contributed by atoms with van der Waals surface area (Å²) in [6.45, 7) is 0.240. The van der Waals surface area contributed by atoms with Gasteiger partial charge in [0.15, 0.2) is 0 Å². The van der Waals surface area contributed by atoms with E-state index in [2.05, 4.69) is 20.0 Å². The van der Waals surface area contributed by atoms with Crippen LogP contribution in [-0.4, -0.2) is 41.5 Å². The van der Waals surface area contributed by atoms with Gasteiger partial charge in [-0.05, 0) is 0 Å². The van der Waals surface area contributed by atoms with Crippen LogP contribution in [0, 0.1) is 0 Å². The number of nitrogens with one attached hydrogen (secondary N) is 2. The third-order valence-electron chi connectivity index (χ3n) is 2.17. The standard InChI is InChI=1S/C10H16N4O3/c1-17-10(16)8(14-9(15)2-3-11)4-7-5-12-6-13-7/h5-6,8H,2-4,11H2,1H3,(H,12,13)(H,14,15)/t8-/m0/s1. The number of hydrogen-bond acceptors (Lipinski definition) is 5. The molecule has 0 bridgehead atoms. The number of nitrogens with two attached hydrogens (primary N) is 1. The van der Waals surface area contributed by atoms with Gasteiger partial charge in [0, 0.05) is 31.3 Å². The van der Waals surface area contributed by atoms with Gasteiger partial charge in [-0.2, -0.15) is 0 Å². The minimum Gasteiger partial charge on any atom is -0.467 e. The van der Waals surface area contributed by atoms with Crippen molar-refractivity contribution in [1.29, 1.82) is 0 Å². The fourth-order valence-corrected chi connectivity index (χ4v) is 1.35. The van der Waals surface area contributed by atoms with Crippen molar-refractivity contribution in [3.8, 4) is 0 Å². The predicted octanol–water partition coefficient (Wildman–Crippen LogP) is -1.04. The Hall–Kier alpha value is -1.89. The van der Waals surface area contributed by atoms with Crippen LogP contribution in [0.15, 0.2) is 12.5 Å². The second-order valence-corrected chi connectivity index (χ2v) is 3.46. The normalized spacial score (nSPS) is 11.9. The highest BCUT2D eigenvalue weighted by Crippen LogP contribution is 2.00. The largest absolute Gasteiger partial charge is 0.467 e. The van der Waals surface area contributed by atoms with Crippen molar-refractivity contribution < 1.29 is 14.3 Å². The number of nitrogens with zero attached hydrogens (tertiary/aromatic N) is 1. The van der Waals surface area contributed by atoms with Crippen molar-refractivity contribution in [3.63, 3.8) is 0 Å². The fourth-order valence-electron chi connectivity index (χ4n) is 1.35. The second-order valence-electron chi connectivity index (χ2n) is 3.46. The molecule has 0 saturated carbocycles. The Labute approximate surface area is 98.7 Å². The summed E-state index contributed by atoms with van der Waals surface area (Å²) in [5.41, 5.74) is 6.00. The predicted molar refractivity (Wildman–Crippen MR) is 59.9 cm³/mol. The number of carbonyl (C=O) groups excluding carboxylic acids is 2. The topological polar surface area (TPSA) is 110 Å². The lowest BCUT2D eigenvalue weighted by atomic mass is 10.1. The molecule has 1 heterocycles. The van der Waals surface area contributed by atoms with Gasteiger partial charge in [-0.25, -0.2) is 9.78 Å². The average Bonchev–Trinajstić information content (AvgIpc) is 2.80. The van der Waals surface area contributed by atoms with Gasteiger partial charge in [0.1, 0.15) is 6.04 Å². The summed E-state index contributed by atoms with van der Waals surface area (Å²) in [5.74, 6) is -0.771. The van der Waals surface area contributed by atoms with Crippen molar-refractivity contribution in [1.82, 2.24) is 15.3 Å². The molecule has 1 rings (SSSR count). The molecule has 0 radical (unpaired) electrons. The van der Waals surface area contributed by atoms with Crippen LogP contribution < -0.4 is 11.1 Å². The Morgan fingerprint density at radius 1 is 1.65 bits per heavy atom. The Morgan fingerprint density at radius 2 is 2.41 bits per heavy atom. The molecule has 1 amide bonds. The fraction of sp³-hybridized carbons (Fsp3) is 0.500. The first-order valence-corrected chi connectivity index (χ1v) is 5.22. The minimum absolute atomic E-state index is 0.177. The molecule has 0 aromatic carbocycles. The molecule has 7 heteroatoms. The number of aromatic amines is 1. The van der Waals surface area contributed by atoms with E-state index in [9.17, 15) is 9.59 Å². The smallest absolute Gasteiger partial charge is 0.328 e. The van der Waals surface area contributed by atoms with E-state index in [4.69, 9.17) is 5.73 Å². The van der Waals surface area contributed by atoms with Gasteiger partial charge in [-0.3, -0.25) is 4.79 Å². The highest BCUT2D eigenvalue weighted by atomic mass is 16.5. The molecule has 17 heavy (non-hydrogen) atoms. The number of methoxy groups -OCH3 is 1. The maximum atomic E-state index is 11.5. The van der Waals surface area contributed by atoms with Gasteiger partial charge in [-0.15, -0.1) is 0 Å². The molecule has 1 aromatic heterocycles. The quantitative estimate of drug-likeness (QED) is 0.550. The van der Waals surface area contributed by atoms with Crippen LogP contribution in [0.3, 0.4) is 0 Å². The Bertz CT molecular complexity index is 364. The van der Waals surface area contributed by atoms with Gasteiger partial charge in [-0.1, -0.05) is 0 Å². The summed E-state index contributed by atoms with van der Waals surface area (Å²) in [6, 6.07) is -0.723. The summed E-state index contributed by atoms with van der Waals surface area (Å²) in [6.07, 6.45) is 3.58. The number of H-pyrrole nitrogens is 1. The van der Waals surface area contributed by atoms with Crippen LogP contribution >= 0.6 is 0 Å². The molecule has 0 saturated heterocycles. The van der Waals surface area contributed by atoms with Gasteiger partial charge in [0.25, 0.3) is 0 Å². The zero-order valence-electron chi connectivity index (χ0n) is 9.60. The monoisotopic (exact) mass is 240 g/mol. The van der Waals surface area contributed by atoms with Crippen molar-refractivity contribution >= 4 is 11.9 Å². The number of aromatic nitrogens is 2. The molecule has 0 aliphatic rings. The van der Waals surface area contributed by atoms with Crippen LogP contribution in [0.4, 0.5) is 0 Å². The van der Waals surface area contributed by atoms with Crippen LogP contribution in [0.1, 0.15) is 12.1 Å². The molecule has 4 N–H and O–H groups in total. The third kappa shape index (κ3) is 4.23. The Morgan fingerprint density at radius 3 is 2.94 bits per heavy atom. The molecule has 1 aromatic rings. The van der Waals surface area contributed by atoms with E-state index in [1.807, 2.05) is 0 Å². The van der Waals surface area contributed by atoms with Gasteiger partial charge >= 0.3 is 5.97 Å². The summed E-state index contributed by atoms with van der Waals surface area (Å²) >= 11 is 0. The van der Waals surface area contributed by atoms with Crippen molar-refractivity contribution in [2.75, 3.05) is 13.7 Å². The number of ether oxygens (including phenoxy) is 1. The van der Waals surface area contributed by atoms with Crippen LogP contribution in [-0.2, 0) is 20.7 Å². The molecular weight excluding hydrogens is 224 g/mol. The van der Waals surface area contributed by atoms with Gasteiger partial charge in [0.05, 0.1) is 13.4 Å². The van der Waals surface area contributed by atoms with Crippen molar-refractivity contribution in [3.05, 3.63) is 18.2 Å². The number of hydrogen-bond donors (Lipinski definition) is 3. The van der Waals surface area contributed by atoms with Crippen molar-refractivity contribution in [2.24, 2.45) is 5.73 Å². The van der Waals surface area contributed by atoms with E-state index in [0.29, 0.717) is 6.42 Å². The summed E-state index contributed by atoms with van der Waals surface area (Å²) in [5, 5.41) is 2.57. The molecule has 1 atom stereocenters. The molecule has 0 aliphatic carbocycles. The average molecular weight is 240 g/mol. The lowest BCUT2D eigenvalue weighted by Gasteiger charge is -2.15. The van der Waals surface area contributed by atoms with Crippen LogP contribution in [0.25, 0.3) is 0 Å². The molecule has 0 unspecified atom stereocenters. The number of imidazole rings is 1. The molecular formula is C10H16N4O3. The maximum absolute atomic E-state index is 11.5. The molecule has 0 fully saturated rings. The summed E-state index contributed by atoms with van der Waals surface area (Å²) in [4.78, 5) is 29.5. The van der Waals surface area contributed by atoms with Crippen LogP contribution in [0.2, 0.25) is 0 Å². The maximum Gasteiger partial charge on any atom is 0.328 e. The first-order chi connectivity index (χ1) is 8.17. The number of amides is 1. The van der Waals surface area contributed by atoms with E-state index < -0.39 is 12.0 Å². The third-order valence-corrected chi connectivity index (χ3v) is 2.17. The SMILES string of the molecule is COC(=O)[C@H](Cc1cnc[nH]1)NC(=O)CCN. The van der Waals surface area contributed by atoms with E-state index in [1.165, 1.54) is 13.4 Å². The van der Waals surface area contributed by atoms with E-state index in [0.717, 1.165) is 5.69 Å².